The van der Waals surface area contributed by atoms with Gasteiger partial charge in [0.15, 0.2) is 0 Å². The van der Waals surface area contributed by atoms with Crippen molar-refractivity contribution in [1.82, 2.24) is 9.88 Å². The number of carboxylic acids is 1. The van der Waals surface area contributed by atoms with E-state index >= 15 is 0 Å². The number of likely N-dealkylation sites (tertiary alicyclic amines) is 1. The number of carbonyl (C=O) groups excluding carboxylic acids is 1. The number of halogens is 3. The van der Waals surface area contributed by atoms with Crippen molar-refractivity contribution >= 4 is 23.6 Å². The van der Waals surface area contributed by atoms with Crippen LogP contribution < -0.4 is 0 Å². The fourth-order valence-electron chi connectivity index (χ4n) is 3.62. The molecule has 1 aromatic heterocycles. The monoisotopic (exact) mass is 464 g/mol. The molecule has 2 saturated heterocycles. The number of ether oxygens (including phenoxy) is 2. The molecule has 7 nitrogen and oxygen atoms in total. The van der Waals surface area contributed by atoms with Gasteiger partial charge < -0.3 is 19.5 Å². The molecule has 1 amide bonds. The fourth-order valence-corrected chi connectivity index (χ4v) is 4.04. The van der Waals surface area contributed by atoms with Crippen LogP contribution in [0.25, 0.3) is 0 Å². The summed E-state index contributed by atoms with van der Waals surface area (Å²) in [6, 6.07) is 5.99. The fraction of sp³-hybridized carbons (Fsp3) is 0.650. The van der Waals surface area contributed by atoms with Crippen LogP contribution in [0.2, 0.25) is 0 Å². The van der Waals surface area contributed by atoms with E-state index in [-0.39, 0.29) is 11.5 Å². The average Bonchev–Trinajstić information content (AvgIpc) is 3.08. The van der Waals surface area contributed by atoms with Gasteiger partial charge in [-0.25, -0.2) is 4.79 Å². The second-order valence-corrected chi connectivity index (χ2v) is 8.36. The van der Waals surface area contributed by atoms with Crippen molar-refractivity contribution in [3.63, 3.8) is 0 Å². The second-order valence-electron chi connectivity index (χ2n) is 7.50. The van der Waals surface area contributed by atoms with Gasteiger partial charge in [-0.15, -0.1) is 0 Å². The summed E-state index contributed by atoms with van der Waals surface area (Å²) >= 11 is 1.58. The Bertz CT molecular complexity index is 757. The first-order valence-electron chi connectivity index (χ1n) is 9.78. The van der Waals surface area contributed by atoms with Crippen LogP contribution in [0.15, 0.2) is 18.2 Å². The highest BCUT2D eigenvalue weighted by Crippen LogP contribution is 2.41. The number of pyridine rings is 1. The summed E-state index contributed by atoms with van der Waals surface area (Å²) in [5, 5.41) is 7.12. The molecule has 0 radical (unpaired) electrons. The number of nitrogens with zero attached hydrogens (tertiary/aromatic N) is 2. The minimum atomic E-state index is -5.08. The zero-order chi connectivity index (χ0) is 23.1. The van der Waals surface area contributed by atoms with Crippen LogP contribution in [-0.4, -0.2) is 77.0 Å². The largest absolute Gasteiger partial charge is 0.490 e. The highest BCUT2D eigenvalue weighted by atomic mass is 32.2. The summed E-state index contributed by atoms with van der Waals surface area (Å²) in [5.74, 6) is -1.48. The number of thioether (sulfide) groups is 1. The van der Waals surface area contributed by atoms with Gasteiger partial charge in [-0.3, -0.25) is 9.78 Å². The zero-order valence-electron chi connectivity index (χ0n) is 17.5. The summed E-state index contributed by atoms with van der Waals surface area (Å²) in [5.41, 5.74) is 1.88. The summed E-state index contributed by atoms with van der Waals surface area (Å²) in [4.78, 5) is 27.2. The van der Waals surface area contributed by atoms with Gasteiger partial charge in [0.25, 0.3) is 0 Å². The number of aryl methyl sites for hydroxylation is 1. The highest BCUT2D eigenvalue weighted by Gasteiger charge is 2.53. The lowest BCUT2D eigenvalue weighted by atomic mass is 9.79. The Hall–Kier alpha value is -1.85. The summed E-state index contributed by atoms with van der Waals surface area (Å²) in [6.45, 7) is 5.55. The summed E-state index contributed by atoms with van der Waals surface area (Å²) in [7, 11) is 0. The number of alkyl halides is 3. The van der Waals surface area contributed by atoms with Crippen molar-refractivity contribution < 1.29 is 37.3 Å². The van der Waals surface area contributed by atoms with Gasteiger partial charge in [-0.2, -0.15) is 24.9 Å². The van der Waals surface area contributed by atoms with Crippen molar-refractivity contribution in [2.24, 2.45) is 5.92 Å². The van der Waals surface area contributed by atoms with E-state index in [0.717, 1.165) is 43.9 Å². The molecule has 1 spiro atoms. The Balaban J connectivity index is 0.000000423. The van der Waals surface area contributed by atoms with E-state index in [2.05, 4.69) is 4.98 Å². The van der Waals surface area contributed by atoms with E-state index in [1.165, 1.54) is 0 Å². The molecule has 2 fully saturated rings. The molecule has 11 heteroatoms. The topological polar surface area (TPSA) is 89.0 Å². The first kappa shape index (κ1) is 25.4. The third-order valence-corrected chi connectivity index (χ3v) is 5.72. The van der Waals surface area contributed by atoms with Crippen LogP contribution >= 0.6 is 11.8 Å². The summed E-state index contributed by atoms with van der Waals surface area (Å²) < 4.78 is 43.6. The van der Waals surface area contributed by atoms with Crippen LogP contribution in [0.1, 0.15) is 24.2 Å². The standard InChI is InChI=1S/C18H26N2O3S.C2HF3O2/c1-14-4-3-5-16(19-14)10-22-8-6-15-7-9-23-18(15)12-20(13-18)17(21)11-24-2;3-2(4,5)1(6)7/h3-5,15H,6-13H2,1-2H3;(H,6,7). The van der Waals surface area contributed by atoms with Crippen molar-refractivity contribution in [3.05, 3.63) is 29.6 Å². The molecule has 31 heavy (non-hydrogen) atoms. The van der Waals surface area contributed by atoms with Crippen molar-refractivity contribution in [2.45, 2.75) is 38.1 Å². The number of carbonyl (C=O) groups is 2. The normalized spacial score (nSPS) is 19.5. The Morgan fingerprint density at radius 3 is 2.65 bits per heavy atom. The molecule has 2 aliphatic rings. The third kappa shape index (κ3) is 7.36. The van der Waals surface area contributed by atoms with Gasteiger partial charge in [0.2, 0.25) is 5.91 Å². The van der Waals surface area contributed by atoms with Crippen molar-refractivity contribution in [3.8, 4) is 0 Å². The molecule has 3 rings (SSSR count). The van der Waals surface area contributed by atoms with Gasteiger partial charge in [-0.05, 0) is 44.1 Å². The molecule has 0 bridgehead atoms. The molecule has 3 heterocycles. The average molecular weight is 465 g/mol. The van der Waals surface area contributed by atoms with E-state index < -0.39 is 12.1 Å². The summed E-state index contributed by atoms with van der Waals surface area (Å²) in [6.07, 6.45) is -1.07. The van der Waals surface area contributed by atoms with E-state index in [1.807, 2.05) is 36.3 Å². The van der Waals surface area contributed by atoms with Gasteiger partial charge >= 0.3 is 12.1 Å². The molecule has 0 saturated carbocycles. The lowest BCUT2D eigenvalue weighted by Gasteiger charge is -2.50. The van der Waals surface area contributed by atoms with Crippen LogP contribution in [0, 0.1) is 12.8 Å². The van der Waals surface area contributed by atoms with E-state index in [0.29, 0.717) is 24.9 Å². The first-order valence-corrected chi connectivity index (χ1v) is 11.2. The number of carboxylic acid groups (broad SMARTS) is 1. The molecule has 0 aliphatic carbocycles. The first-order chi connectivity index (χ1) is 14.6. The molecular weight excluding hydrogens is 437 g/mol. The number of aliphatic carboxylic acids is 1. The van der Waals surface area contributed by atoms with Crippen molar-refractivity contribution in [1.29, 1.82) is 0 Å². The van der Waals surface area contributed by atoms with Gasteiger partial charge in [0.1, 0.15) is 5.60 Å². The lowest BCUT2D eigenvalue weighted by Crippen LogP contribution is -2.66. The molecule has 2 aliphatic heterocycles. The van der Waals surface area contributed by atoms with Crippen LogP contribution in [0.4, 0.5) is 13.2 Å². The van der Waals surface area contributed by atoms with Crippen LogP contribution in [-0.2, 0) is 25.7 Å². The maximum atomic E-state index is 11.9. The van der Waals surface area contributed by atoms with Crippen molar-refractivity contribution in [2.75, 3.05) is 38.3 Å². The Kier molecular flexibility index (Phi) is 9.14. The van der Waals surface area contributed by atoms with Gasteiger partial charge in [0, 0.05) is 18.9 Å². The lowest BCUT2D eigenvalue weighted by molar-refractivity contribution is -0.192. The quantitative estimate of drug-likeness (QED) is 0.621. The predicted molar refractivity (Wildman–Crippen MR) is 109 cm³/mol. The molecular formula is C20H27F3N2O5S. The third-order valence-electron chi connectivity index (χ3n) is 5.19. The Labute approximate surface area is 183 Å². The Morgan fingerprint density at radius 1 is 1.39 bits per heavy atom. The number of rotatable bonds is 7. The van der Waals surface area contributed by atoms with E-state index in [1.54, 1.807) is 11.8 Å². The Morgan fingerprint density at radius 2 is 2.06 bits per heavy atom. The van der Waals surface area contributed by atoms with Crippen LogP contribution in [0.5, 0.6) is 0 Å². The number of hydrogen-bond acceptors (Lipinski definition) is 6. The minimum Gasteiger partial charge on any atom is -0.475 e. The predicted octanol–water partition coefficient (Wildman–Crippen LogP) is 2.91. The van der Waals surface area contributed by atoms with E-state index in [4.69, 9.17) is 19.4 Å². The second kappa shape index (κ2) is 11.1. The molecule has 174 valence electrons. The molecule has 1 N–H and O–H groups in total. The molecule has 1 atom stereocenters. The maximum absolute atomic E-state index is 11.9. The molecule has 1 unspecified atom stereocenters. The molecule has 0 aromatic carbocycles. The minimum absolute atomic E-state index is 0.112. The smallest absolute Gasteiger partial charge is 0.475 e. The van der Waals surface area contributed by atoms with E-state index in [9.17, 15) is 18.0 Å². The van der Waals surface area contributed by atoms with Gasteiger partial charge in [-0.1, -0.05) is 6.07 Å². The number of amides is 1. The molecule has 1 aromatic rings. The number of hydrogen-bond donors (Lipinski definition) is 1. The maximum Gasteiger partial charge on any atom is 0.490 e. The zero-order valence-corrected chi connectivity index (χ0v) is 18.3. The SMILES string of the molecule is CSCC(=O)N1CC2(C1)OCCC2CCOCc1cccc(C)n1.O=C(O)C(F)(F)F. The number of aromatic nitrogens is 1. The van der Waals surface area contributed by atoms with Gasteiger partial charge in [0.05, 0.1) is 31.1 Å². The highest BCUT2D eigenvalue weighted by molar-refractivity contribution is 7.99. The van der Waals surface area contributed by atoms with Crippen LogP contribution in [0.3, 0.4) is 0 Å².